The Bertz CT molecular complexity index is 390. The van der Waals surface area contributed by atoms with E-state index in [-0.39, 0.29) is 12.0 Å². The van der Waals surface area contributed by atoms with Gasteiger partial charge < -0.3 is 5.11 Å². The normalized spacial score (nSPS) is 12.1. The van der Waals surface area contributed by atoms with Crippen LogP contribution in [0.5, 0.6) is 0 Å². The maximum Gasteiger partial charge on any atom is 0.0722 e. The number of nitrogens with zero attached hydrogens (tertiary/aromatic N) is 3. The molecule has 1 aromatic rings. The summed E-state index contributed by atoms with van der Waals surface area (Å²) in [5.41, 5.74) is 2.38. The van der Waals surface area contributed by atoms with E-state index in [0.29, 0.717) is 6.54 Å². The zero-order valence-corrected chi connectivity index (χ0v) is 12.0. The number of aliphatic hydroxyl groups excluding tert-OH is 1. The van der Waals surface area contributed by atoms with Gasteiger partial charge in [0.25, 0.3) is 0 Å². The van der Waals surface area contributed by atoms with Crippen molar-refractivity contribution in [1.29, 1.82) is 0 Å². The number of aromatic nitrogens is 2. The first-order valence-electron chi connectivity index (χ1n) is 6.35. The maximum atomic E-state index is 9.08. The molecule has 0 atom stereocenters. The van der Waals surface area contributed by atoms with Gasteiger partial charge in [0.05, 0.1) is 12.3 Å². The van der Waals surface area contributed by atoms with Crippen molar-refractivity contribution in [2.75, 3.05) is 19.7 Å². The standard InChI is InChI=1S/C14H25N3O/c1-6-7-17(8-9-18)11-12-10-16(5)15-13(12)14(2,3)4/h6,10,18H,1,7-9,11H2,2-5H3. The lowest BCUT2D eigenvalue weighted by atomic mass is 9.89. The molecular weight excluding hydrogens is 226 g/mol. The minimum atomic E-state index is 0.0374. The maximum absolute atomic E-state index is 9.08. The molecule has 0 aliphatic heterocycles. The largest absolute Gasteiger partial charge is 0.395 e. The van der Waals surface area contributed by atoms with E-state index in [1.54, 1.807) is 0 Å². The van der Waals surface area contributed by atoms with Crippen molar-refractivity contribution in [3.8, 4) is 0 Å². The van der Waals surface area contributed by atoms with Gasteiger partial charge in [0.15, 0.2) is 0 Å². The lowest BCUT2D eigenvalue weighted by Crippen LogP contribution is -2.28. The fraction of sp³-hybridized carbons (Fsp3) is 0.643. The second kappa shape index (κ2) is 6.16. The summed E-state index contributed by atoms with van der Waals surface area (Å²) < 4.78 is 1.86. The van der Waals surface area contributed by atoms with Gasteiger partial charge >= 0.3 is 0 Å². The SMILES string of the molecule is C=CCN(CCO)Cc1cn(C)nc1C(C)(C)C. The van der Waals surface area contributed by atoms with Crippen LogP contribution in [0.1, 0.15) is 32.0 Å². The second-order valence-corrected chi connectivity index (χ2v) is 5.67. The highest BCUT2D eigenvalue weighted by Crippen LogP contribution is 2.25. The molecule has 0 saturated heterocycles. The summed E-state index contributed by atoms with van der Waals surface area (Å²) in [7, 11) is 1.95. The Morgan fingerprint density at radius 1 is 1.50 bits per heavy atom. The molecule has 0 spiro atoms. The highest BCUT2D eigenvalue weighted by Gasteiger charge is 2.22. The van der Waals surface area contributed by atoms with Crippen molar-refractivity contribution < 1.29 is 5.11 Å². The van der Waals surface area contributed by atoms with Crippen molar-refractivity contribution in [1.82, 2.24) is 14.7 Å². The van der Waals surface area contributed by atoms with Gasteiger partial charge in [-0.3, -0.25) is 9.58 Å². The number of hydrogen-bond acceptors (Lipinski definition) is 3. The topological polar surface area (TPSA) is 41.3 Å². The molecule has 4 nitrogen and oxygen atoms in total. The molecule has 18 heavy (non-hydrogen) atoms. The molecular formula is C14H25N3O. The van der Waals surface area contributed by atoms with Crippen LogP contribution in [0.4, 0.5) is 0 Å². The van der Waals surface area contributed by atoms with Crippen LogP contribution in [-0.4, -0.2) is 39.5 Å². The molecule has 102 valence electrons. The Morgan fingerprint density at radius 3 is 2.67 bits per heavy atom. The molecule has 0 unspecified atom stereocenters. The molecule has 0 fully saturated rings. The number of rotatable bonds is 6. The fourth-order valence-corrected chi connectivity index (χ4v) is 2.08. The van der Waals surface area contributed by atoms with E-state index in [1.165, 1.54) is 5.56 Å². The van der Waals surface area contributed by atoms with E-state index in [9.17, 15) is 0 Å². The molecule has 0 aliphatic rings. The first-order chi connectivity index (χ1) is 8.38. The molecule has 0 radical (unpaired) electrons. The summed E-state index contributed by atoms with van der Waals surface area (Å²) in [4.78, 5) is 2.17. The van der Waals surface area contributed by atoms with Gasteiger partial charge in [-0.05, 0) is 0 Å². The number of aryl methyl sites for hydroxylation is 1. The zero-order valence-electron chi connectivity index (χ0n) is 12.0. The lowest BCUT2D eigenvalue weighted by molar-refractivity contribution is 0.203. The summed E-state index contributed by atoms with van der Waals surface area (Å²) in [6, 6.07) is 0. The minimum Gasteiger partial charge on any atom is -0.395 e. The van der Waals surface area contributed by atoms with Crippen LogP contribution in [-0.2, 0) is 19.0 Å². The van der Waals surface area contributed by atoms with Gasteiger partial charge in [-0.1, -0.05) is 26.8 Å². The number of aliphatic hydroxyl groups is 1. The number of hydrogen-bond donors (Lipinski definition) is 1. The smallest absolute Gasteiger partial charge is 0.0722 e. The average molecular weight is 251 g/mol. The predicted octanol–water partition coefficient (Wildman–Crippen LogP) is 1.70. The van der Waals surface area contributed by atoms with Crippen LogP contribution in [0.15, 0.2) is 18.9 Å². The Hall–Kier alpha value is -1.13. The van der Waals surface area contributed by atoms with Gasteiger partial charge in [0, 0.05) is 43.9 Å². The van der Waals surface area contributed by atoms with Crippen molar-refractivity contribution >= 4 is 0 Å². The summed E-state index contributed by atoms with van der Waals surface area (Å²) in [5, 5.41) is 13.6. The summed E-state index contributed by atoms with van der Waals surface area (Å²) in [6.45, 7) is 12.7. The average Bonchev–Trinajstić information content (AvgIpc) is 2.60. The van der Waals surface area contributed by atoms with Crippen LogP contribution in [0.3, 0.4) is 0 Å². The van der Waals surface area contributed by atoms with Crippen LogP contribution in [0.2, 0.25) is 0 Å². The van der Waals surface area contributed by atoms with Crippen LogP contribution in [0.25, 0.3) is 0 Å². The molecule has 0 aromatic carbocycles. The highest BCUT2D eigenvalue weighted by atomic mass is 16.3. The van der Waals surface area contributed by atoms with Crippen molar-refractivity contribution in [3.05, 3.63) is 30.1 Å². The van der Waals surface area contributed by atoms with Crippen LogP contribution in [0, 0.1) is 0 Å². The van der Waals surface area contributed by atoms with Crippen molar-refractivity contribution in [3.63, 3.8) is 0 Å². The summed E-state index contributed by atoms with van der Waals surface area (Å²) in [6.07, 6.45) is 3.93. The van der Waals surface area contributed by atoms with E-state index < -0.39 is 0 Å². The summed E-state index contributed by atoms with van der Waals surface area (Å²) in [5.74, 6) is 0. The first kappa shape index (κ1) is 14.9. The van der Waals surface area contributed by atoms with E-state index in [4.69, 9.17) is 5.11 Å². The third-order valence-corrected chi connectivity index (χ3v) is 2.81. The van der Waals surface area contributed by atoms with Crippen molar-refractivity contribution in [2.45, 2.75) is 32.7 Å². The van der Waals surface area contributed by atoms with E-state index in [1.807, 2.05) is 17.8 Å². The third kappa shape index (κ3) is 3.96. The molecule has 1 heterocycles. The second-order valence-electron chi connectivity index (χ2n) is 5.67. The Labute approximate surface area is 110 Å². The van der Waals surface area contributed by atoms with E-state index in [0.717, 1.165) is 18.8 Å². The van der Waals surface area contributed by atoms with E-state index in [2.05, 4.69) is 43.5 Å². The third-order valence-electron chi connectivity index (χ3n) is 2.81. The molecule has 4 heteroatoms. The molecule has 0 aliphatic carbocycles. The predicted molar refractivity (Wildman–Crippen MR) is 74.5 cm³/mol. The van der Waals surface area contributed by atoms with Crippen molar-refractivity contribution in [2.24, 2.45) is 7.05 Å². The highest BCUT2D eigenvalue weighted by molar-refractivity contribution is 5.24. The van der Waals surface area contributed by atoms with Gasteiger partial charge in [0.2, 0.25) is 0 Å². The molecule has 1 rings (SSSR count). The Morgan fingerprint density at radius 2 is 2.17 bits per heavy atom. The quantitative estimate of drug-likeness (QED) is 0.782. The monoisotopic (exact) mass is 251 g/mol. The van der Waals surface area contributed by atoms with Gasteiger partial charge in [-0.25, -0.2) is 0 Å². The van der Waals surface area contributed by atoms with Gasteiger partial charge in [-0.15, -0.1) is 6.58 Å². The van der Waals surface area contributed by atoms with E-state index >= 15 is 0 Å². The fourth-order valence-electron chi connectivity index (χ4n) is 2.08. The van der Waals surface area contributed by atoms with Gasteiger partial charge in [0.1, 0.15) is 0 Å². The van der Waals surface area contributed by atoms with Gasteiger partial charge in [-0.2, -0.15) is 5.10 Å². The van der Waals surface area contributed by atoms with Crippen LogP contribution < -0.4 is 0 Å². The zero-order chi connectivity index (χ0) is 13.8. The molecule has 1 aromatic heterocycles. The molecule has 0 amide bonds. The van der Waals surface area contributed by atoms with Crippen LogP contribution >= 0.6 is 0 Å². The Kier molecular flexibility index (Phi) is 5.11. The molecule has 0 saturated carbocycles. The summed E-state index contributed by atoms with van der Waals surface area (Å²) >= 11 is 0. The molecule has 1 N–H and O–H groups in total. The minimum absolute atomic E-state index is 0.0374. The molecule has 0 bridgehead atoms. The first-order valence-corrected chi connectivity index (χ1v) is 6.35. The Balaban J connectivity index is 2.91. The lowest BCUT2D eigenvalue weighted by Gasteiger charge is -2.22.